The fourth-order valence-electron chi connectivity index (χ4n) is 2.15. The van der Waals surface area contributed by atoms with E-state index in [1.807, 2.05) is 0 Å². The third-order valence-corrected chi connectivity index (χ3v) is 3.97. The number of halogens is 1. The molecule has 1 aromatic heterocycles. The van der Waals surface area contributed by atoms with Crippen molar-refractivity contribution in [3.05, 3.63) is 82.5 Å². The molecular weight excluding hydrogens is 398 g/mol. The van der Waals surface area contributed by atoms with E-state index in [-0.39, 0.29) is 5.91 Å². The van der Waals surface area contributed by atoms with Crippen molar-refractivity contribution in [1.29, 1.82) is 0 Å². The highest BCUT2D eigenvalue weighted by Gasteiger charge is 2.07. The van der Waals surface area contributed by atoms with Crippen molar-refractivity contribution < 1.29 is 14.3 Å². The van der Waals surface area contributed by atoms with Gasteiger partial charge >= 0.3 is 0 Å². The second-order valence-corrected chi connectivity index (χ2v) is 6.26. The third-order valence-electron chi connectivity index (χ3n) is 3.44. The van der Waals surface area contributed by atoms with Gasteiger partial charge in [-0.2, -0.15) is 0 Å². The molecule has 3 rings (SSSR count). The number of nitrogens with one attached hydrogen (secondary N) is 1. The quantitative estimate of drug-likeness (QED) is 0.663. The van der Waals surface area contributed by atoms with Gasteiger partial charge in [0.1, 0.15) is 5.75 Å². The van der Waals surface area contributed by atoms with Gasteiger partial charge in [0.25, 0.3) is 5.91 Å². The Kier molecular flexibility index (Phi) is 5.28. The average Bonchev–Trinajstić information content (AvgIpc) is 2.64. The second-order valence-electron chi connectivity index (χ2n) is 5.34. The van der Waals surface area contributed by atoms with Crippen LogP contribution in [0.4, 0.5) is 5.69 Å². The molecule has 3 aromatic rings. The number of nitrogens with zero attached hydrogens (tertiary/aromatic N) is 1. The van der Waals surface area contributed by atoms with E-state index in [0.717, 1.165) is 4.47 Å². The summed E-state index contributed by atoms with van der Waals surface area (Å²) >= 11 is 3.33. The molecule has 0 radical (unpaired) electrons. The molecule has 0 atom stereocenters. The Hall–Kier alpha value is -3.19. The Balaban J connectivity index is 1.66. The van der Waals surface area contributed by atoms with E-state index in [2.05, 4.69) is 26.2 Å². The van der Waals surface area contributed by atoms with Gasteiger partial charge in [-0.05, 0) is 48.5 Å². The first kappa shape index (κ1) is 17.6. The zero-order valence-electron chi connectivity index (χ0n) is 13.5. The molecule has 0 saturated carbocycles. The van der Waals surface area contributed by atoms with E-state index in [1.54, 1.807) is 54.6 Å². The summed E-state index contributed by atoms with van der Waals surface area (Å²) in [7, 11) is 0. The first-order valence-electron chi connectivity index (χ1n) is 7.62. The summed E-state index contributed by atoms with van der Waals surface area (Å²) in [6, 6.07) is 16.8. The van der Waals surface area contributed by atoms with Crippen LogP contribution in [-0.4, -0.2) is 16.8 Å². The summed E-state index contributed by atoms with van der Waals surface area (Å²) < 4.78 is 6.49. The number of benzene rings is 2. The molecule has 2 amide bonds. The van der Waals surface area contributed by atoms with E-state index in [0.29, 0.717) is 28.4 Å². The van der Waals surface area contributed by atoms with Gasteiger partial charge < -0.3 is 15.8 Å². The number of nitrogens with two attached hydrogens (primary N) is 1. The average molecular weight is 412 g/mol. The van der Waals surface area contributed by atoms with Gasteiger partial charge in [0.05, 0.1) is 11.9 Å². The number of carbonyl (C=O) groups is 2. The lowest BCUT2D eigenvalue weighted by atomic mass is 10.2. The van der Waals surface area contributed by atoms with Crippen LogP contribution >= 0.6 is 15.9 Å². The van der Waals surface area contributed by atoms with Crippen molar-refractivity contribution >= 4 is 33.4 Å². The monoisotopic (exact) mass is 411 g/mol. The summed E-state index contributed by atoms with van der Waals surface area (Å²) in [6.45, 7) is 0. The van der Waals surface area contributed by atoms with Gasteiger partial charge in [-0.3, -0.25) is 9.59 Å². The van der Waals surface area contributed by atoms with Gasteiger partial charge in [0.15, 0.2) is 0 Å². The molecule has 0 aliphatic carbocycles. The molecule has 0 aliphatic rings. The smallest absolute Gasteiger partial charge is 0.255 e. The number of ether oxygens (including phenoxy) is 1. The van der Waals surface area contributed by atoms with Gasteiger partial charge in [0.2, 0.25) is 11.8 Å². The first-order valence-corrected chi connectivity index (χ1v) is 8.41. The van der Waals surface area contributed by atoms with Crippen LogP contribution in [0, 0.1) is 0 Å². The van der Waals surface area contributed by atoms with E-state index in [4.69, 9.17) is 10.5 Å². The van der Waals surface area contributed by atoms with Crippen LogP contribution in [0.2, 0.25) is 0 Å². The topological polar surface area (TPSA) is 94.3 Å². The number of aromatic nitrogens is 1. The predicted octanol–water partition coefficient (Wildman–Crippen LogP) is 3.99. The molecular formula is C19H14BrN3O3. The Bertz CT molecular complexity index is 941. The Morgan fingerprint density at radius 1 is 1.00 bits per heavy atom. The van der Waals surface area contributed by atoms with Crippen molar-refractivity contribution in [2.45, 2.75) is 0 Å². The minimum absolute atomic E-state index is 0.234. The van der Waals surface area contributed by atoms with Gasteiger partial charge in [-0.15, -0.1) is 0 Å². The number of amides is 2. The molecule has 6 nitrogen and oxygen atoms in total. The minimum atomic E-state index is -0.533. The number of pyridine rings is 1. The Labute approximate surface area is 158 Å². The summed E-state index contributed by atoms with van der Waals surface area (Å²) in [5, 5.41) is 2.76. The molecule has 7 heteroatoms. The highest BCUT2D eigenvalue weighted by Crippen LogP contribution is 2.22. The summed E-state index contributed by atoms with van der Waals surface area (Å²) in [6.07, 6.45) is 1.49. The molecule has 0 aliphatic heterocycles. The lowest BCUT2D eigenvalue weighted by Gasteiger charge is -2.08. The zero-order chi connectivity index (χ0) is 18.5. The number of hydrogen-bond acceptors (Lipinski definition) is 4. The van der Waals surface area contributed by atoms with Crippen LogP contribution < -0.4 is 15.8 Å². The standard InChI is InChI=1S/C19H14BrN3O3/c20-14-6-4-12(5-7-14)19(25)23-15-8-9-17(22-11-15)26-16-3-1-2-13(10-16)18(21)24/h1-11H,(H2,21,24)(H,23,25). The van der Waals surface area contributed by atoms with Crippen LogP contribution in [0.5, 0.6) is 11.6 Å². The van der Waals surface area contributed by atoms with E-state index in [9.17, 15) is 9.59 Å². The molecule has 1 heterocycles. The maximum absolute atomic E-state index is 12.2. The van der Waals surface area contributed by atoms with Crippen molar-refractivity contribution in [3.63, 3.8) is 0 Å². The molecule has 0 unspecified atom stereocenters. The zero-order valence-corrected chi connectivity index (χ0v) is 15.1. The molecule has 130 valence electrons. The fourth-order valence-corrected chi connectivity index (χ4v) is 2.42. The van der Waals surface area contributed by atoms with Crippen molar-refractivity contribution in [2.24, 2.45) is 5.73 Å². The predicted molar refractivity (Wildman–Crippen MR) is 101 cm³/mol. The fraction of sp³-hybridized carbons (Fsp3) is 0. The van der Waals surface area contributed by atoms with Crippen LogP contribution in [-0.2, 0) is 0 Å². The number of carbonyl (C=O) groups excluding carboxylic acids is 2. The normalized spacial score (nSPS) is 10.2. The first-order chi connectivity index (χ1) is 12.5. The summed E-state index contributed by atoms with van der Waals surface area (Å²) in [5.41, 5.74) is 6.67. The highest BCUT2D eigenvalue weighted by molar-refractivity contribution is 9.10. The number of rotatable bonds is 5. The largest absolute Gasteiger partial charge is 0.439 e. The van der Waals surface area contributed by atoms with Crippen molar-refractivity contribution in [3.8, 4) is 11.6 Å². The summed E-state index contributed by atoms with van der Waals surface area (Å²) in [4.78, 5) is 27.5. The van der Waals surface area contributed by atoms with Gasteiger partial charge in [-0.25, -0.2) is 4.98 Å². The summed E-state index contributed by atoms with van der Waals surface area (Å²) in [5.74, 6) is 0.00486. The Morgan fingerprint density at radius 2 is 1.77 bits per heavy atom. The van der Waals surface area contributed by atoms with Crippen LogP contribution in [0.25, 0.3) is 0 Å². The van der Waals surface area contributed by atoms with Crippen molar-refractivity contribution in [1.82, 2.24) is 4.98 Å². The lowest BCUT2D eigenvalue weighted by molar-refractivity contribution is 0.0997. The molecule has 2 aromatic carbocycles. The maximum atomic E-state index is 12.2. The van der Waals surface area contributed by atoms with Crippen LogP contribution in [0.1, 0.15) is 20.7 Å². The van der Waals surface area contributed by atoms with E-state index < -0.39 is 5.91 Å². The van der Waals surface area contributed by atoms with Crippen LogP contribution in [0.15, 0.2) is 71.3 Å². The van der Waals surface area contributed by atoms with Crippen LogP contribution in [0.3, 0.4) is 0 Å². The molecule has 0 saturated heterocycles. The van der Waals surface area contributed by atoms with E-state index >= 15 is 0 Å². The molecule has 3 N–H and O–H groups in total. The third kappa shape index (κ3) is 4.46. The molecule has 0 fully saturated rings. The number of anilines is 1. The number of primary amides is 1. The minimum Gasteiger partial charge on any atom is -0.439 e. The van der Waals surface area contributed by atoms with E-state index in [1.165, 1.54) is 12.3 Å². The molecule has 0 bridgehead atoms. The SMILES string of the molecule is NC(=O)c1cccc(Oc2ccc(NC(=O)c3ccc(Br)cc3)cn2)c1. The molecule has 0 spiro atoms. The van der Waals surface area contributed by atoms with Crippen molar-refractivity contribution in [2.75, 3.05) is 5.32 Å². The van der Waals surface area contributed by atoms with Gasteiger partial charge in [0, 0.05) is 21.7 Å². The van der Waals surface area contributed by atoms with Gasteiger partial charge in [-0.1, -0.05) is 22.0 Å². The second kappa shape index (κ2) is 7.79. The maximum Gasteiger partial charge on any atom is 0.255 e. The Morgan fingerprint density at radius 3 is 2.42 bits per heavy atom. The highest BCUT2D eigenvalue weighted by atomic mass is 79.9. The molecule has 26 heavy (non-hydrogen) atoms. The number of hydrogen-bond donors (Lipinski definition) is 2. The lowest BCUT2D eigenvalue weighted by Crippen LogP contribution is -2.11.